The fraction of sp³-hybridized carbons (Fsp3) is 0.458. The summed E-state index contributed by atoms with van der Waals surface area (Å²) in [4.78, 5) is 16.3. The number of carbonyl (C=O) groups excluding carboxylic acids is 1. The van der Waals surface area contributed by atoms with Crippen LogP contribution in [0.1, 0.15) is 25.5 Å². The number of hydrogen-bond acceptors (Lipinski definition) is 5. The van der Waals surface area contributed by atoms with Crippen molar-refractivity contribution in [1.29, 1.82) is 0 Å². The van der Waals surface area contributed by atoms with Gasteiger partial charge in [0.1, 0.15) is 19.0 Å². The van der Waals surface area contributed by atoms with Crippen molar-refractivity contribution >= 4 is 11.6 Å². The predicted molar refractivity (Wildman–Crippen MR) is 119 cm³/mol. The molecule has 2 aromatic rings. The maximum atomic E-state index is 12.9. The van der Waals surface area contributed by atoms with Gasteiger partial charge in [-0.3, -0.25) is 4.79 Å². The van der Waals surface area contributed by atoms with Crippen molar-refractivity contribution in [3.8, 4) is 17.2 Å². The topological polar surface area (TPSA) is 75.5 Å². The molecule has 1 saturated heterocycles. The Hall–Kier alpha value is -2.93. The smallest absolute Gasteiger partial charge is 0.275 e. The van der Waals surface area contributed by atoms with Gasteiger partial charge in [-0.15, -0.1) is 0 Å². The molecule has 0 saturated carbocycles. The van der Waals surface area contributed by atoms with E-state index in [9.17, 15) is 9.90 Å². The SMILES string of the molecule is CC(C)[C@@H](NC(=O)C[NH+]1CCN(c2ccccc2O)CC1)c1ccc2c(c1)OCCO2. The van der Waals surface area contributed by atoms with Gasteiger partial charge in [0.25, 0.3) is 5.91 Å². The summed E-state index contributed by atoms with van der Waals surface area (Å²) in [6.45, 7) is 9.13. The maximum absolute atomic E-state index is 12.9. The number of hydrogen-bond donors (Lipinski definition) is 3. The number of amides is 1. The zero-order valence-electron chi connectivity index (χ0n) is 18.3. The second-order valence-electron chi connectivity index (χ2n) is 8.59. The lowest BCUT2D eigenvalue weighted by molar-refractivity contribution is -0.892. The highest BCUT2D eigenvalue weighted by Crippen LogP contribution is 2.34. The molecule has 3 N–H and O–H groups in total. The average Bonchev–Trinajstić information content (AvgIpc) is 2.78. The summed E-state index contributed by atoms with van der Waals surface area (Å²) in [7, 11) is 0. The van der Waals surface area contributed by atoms with Crippen LogP contribution < -0.4 is 24.6 Å². The number of quaternary nitrogens is 1. The molecule has 0 unspecified atom stereocenters. The van der Waals surface area contributed by atoms with Crippen molar-refractivity contribution in [3.63, 3.8) is 0 Å². The summed E-state index contributed by atoms with van der Waals surface area (Å²) in [5.74, 6) is 2.12. The van der Waals surface area contributed by atoms with Crippen LogP contribution in [0.2, 0.25) is 0 Å². The van der Waals surface area contributed by atoms with Crippen LogP contribution in [0, 0.1) is 5.92 Å². The predicted octanol–water partition coefficient (Wildman–Crippen LogP) is 1.38. The van der Waals surface area contributed by atoms with Gasteiger partial charge in [-0.2, -0.15) is 0 Å². The number of ether oxygens (including phenoxy) is 2. The van der Waals surface area contributed by atoms with Crippen molar-refractivity contribution in [3.05, 3.63) is 48.0 Å². The first-order valence-corrected chi connectivity index (χ1v) is 11.1. The van der Waals surface area contributed by atoms with Crippen molar-refractivity contribution < 1.29 is 24.3 Å². The Kier molecular flexibility index (Phi) is 6.51. The Balaban J connectivity index is 1.33. The Labute approximate surface area is 183 Å². The minimum atomic E-state index is -0.0784. The van der Waals surface area contributed by atoms with Crippen LogP contribution in [0.5, 0.6) is 17.2 Å². The molecule has 1 atom stereocenters. The lowest BCUT2D eigenvalue weighted by Gasteiger charge is -2.34. The number of nitrogens with zero attached hydrogens (tertiary/aromatic N) is 1. The number of piperazine rings is 1. The fourth-order valence-electron chi connectivity index (χ4n) is 4.31. The monoisotopic (exact) mass is 426 g/mol. The molecule has 7 nitrogen and oxygen atoms in total. The van der Waals surface area contributed by atoms with Crippen molar-refractivity contribution in [2.45, 2.75) is 19.9 Å². The van der Waals surface area contributed by atoms with Gasteiger partial charge in [-0.05, 0) is 35.7 Å². The molecule has 0 aliphatic carbocycles. The second kappa shape index (κ2) is 9.47. The third-order valence-electron chi connectivity index (χ3n) is 6.01. The number of carbonyl (C=O) groups is 1. The number of aromatic hydroxyl groups is 1. The average molecular weight is 427 g/mol. The quantitative estimate of drug-likeness (QED) is 0.651. The lowest BCUT2D eigenvalue weighted by Crippen LogP contribution is -3.16. The highest BCUT2D eigenvalue weighted by Gasteiger charge is 2.26. The van der Waals surface area contributed by atoms with Crippen LogP contribution in [0.15, 0.2) is 42.5 Å². The molecule has 2 aromatic carbocycles. The summed E-state index contributed by atoms with van der Waals surface area (Å²) in [5.41, 5.74) is 1.90. The number of benzene rings is 2. The molecule has 2 aliphatic rings. The van der Waals surface area contributed by atoms with E-state index in [0.717, 1.165) is 48.9 Å². The van der Waals surface area contributed by atoms with Gasteiger partial charge >= 0.3 is 0 Å². The molecule has 0 radical (unpaired) electrons. The van der Waals surface area contributed by atoms with Gasteiger partial charge < -0.3 is 29.7 Å². The Bertz CT molecular complexity index is 909. The van der Waals surface area contributed by atoms with Crippen LogP contribution in [-0.4, -0.2) is 57.0 Å². The largest absolute Gasteiger partial charge is 0.506 e. The van der Waals surface area contributed by atoms with E-state index in [1.165, 1.54) is 4.90 Å². The van der Waals surface area contributed by atoms with E-state index < -0.39 is 0 Å². The second-order valence-corrected chi connectivity index (χ2v) is 8.59. The first-order chi connectivity index (χ1) is 15.0. The number of phenolic OH excluding ortho intramolecular Hbond substituents is 1. The molecule has 0 spiro atoms. The molecule has 0 aromatic heterocycles. The molecule has 31 heavy (non-hydrogen) atoms. The minimum Gasteiger partial charge on any atom is -0.506 e. The van der Waals surface area contributed by atoms with Crippen LogP contribution in [-0.2, 0) is 4.79 Å². The molecular formula is C24H32N3O4+. The summed E-state index contributed by atoms with van der Waals surface area (Å²) in [5, 5.41) is 13.3. The zero-order chi connectivity index (χ0) is 21.8. The first-order valence-electron chi connectivity index (χ1n) is 11.1. The fourth-order valence-corrected chi connectivity index (χ4v) is 4.31. The third kappa shape index (κ3) is 5.05. The van der Waals surface area contributed by atoms with Gasteiger partial charge in [0.2, 0.25) is 0 Å². The maximum Gasteiger partial charge on any atom is 0.275 e. The minimum absolute atomic E-state index is 0.0552. The molecule has 2 aliphatic heterocycles. The molecule has 0 bridgehead atoms. The standard InChI is InChI=1S/C24H31N3O4/c1-17(2)24(18-7-8-21-22(15-18)31-14-13-30-21)25-23(29)16-26-9-11-27(12-10-26)19-5-3-4-6-20(19)28/h3-8,15,17,24,28H,9-14,16H2,1-2H3,(H,25,29)/p+1/t24-/m1/s1. The Morgan fingerprint density at radius 1 is 1.10 bits per heavy atom. The van der Waals surface area contributed by atoms with E-state index in [2.05, 4.69) is 24.1 Å². The van der Waals surface area contributed by atoms with Crippen molar-refractivity contribution in [1.82, 2.24) is 5.32 Å². The molecule has 2 heterocycles. The molecule has 1 fully saturated rings. The van der Waals surface area contributed by atoms with Gasteiger partial charge in [-0.1, -0.05) is 32.0 Å². The number of anilines is 1. The van der Waals surface area contributed by atoms with Crippen molar-refractivity contribution in [2.75, 3.05) is 50.8 Å². The normalized spacial score (nSPS) is 17.5. The van der Waals surface area contributed by atoms with E-state index in [1.54, 1.807) is 6.07 Å². The summed E-state index contributed by atoms with van der Waals surface area (Å²) >= 11 is 0. The van der Waals surface area contributed by atoms with Crippen LogP contribution in [0.3, 0.4) is 0 Å². The van der Waals surface area contributed by atoms with Crippen molar-refractivity contribution in [2.24, 2.45) is 5.92 Å². The Morgan fingerprint density at radius 2 is 1.81 bits per heavy atom. The number of para-hydroxylation sites is 2. The summed E-state index contributed by atoms with van der Waals surface area (Å²) < 4.78 is 11.3. The number of rotatable bonds is 6. The van der Waals surface area contributed by atoms with Crippen LogP contribution in [0.4, 0.5) is 5.69 Å². The van der Waals surface area contributed by atoms with E-state index in [4.69, 9.17) is 9.47 Å². The van der Waals surface area contributed by atoms with Crippen LogP contribution in [0.25, 0.3) is 0 Å². The zero-order valence-corrected chi connectivity index (χ0v) is 18.3. The van der Waals surface area contributed by atoms with Gasteiger partial charge in [0, 0.05) is 0 Å². The molecule has 4 rings (SSSR count). The summed E-state index contributed by atoms with van der Waals surface area (Å²) in [6, 6.07) is 13.3. The lowest BCUT2D eigenvalue weighted by atomic mass is 9.95. The van der Waals surface area contributed by atoms with Gasteiger partial charge in [-0.25, -0.2) is 0 Å². The highest BCUT2D eigenvalue weighted by atomic mass is 16.6. The number of phenols is 1. The number of nitrogens with one attached hydrogen (secondary N) is 2. The first kappa shape index (κ1) is 21.3. The van der Waals surface area contributed by atoms with Gasteiger partial charge in [0.05, 0.1) is 37.9 Å². The van der Waals surface area contributed by atoms with Crippen LogP contribution >= 0.6 is 0 Å². The molecule has 7 heteroatoms. The van der Waals surface area contributed by atoms with E-state index >= 15 is 0 Å². The third-order valence-corrected chi connectivity index (χ3v) is 6.01. The highest BCUT2D eigenvalue weighted by molar-refractivity contribution is 5.77. The molecule has 1 amide bonds. The van der Waals surface area contributed by atoms with Gasteiger partial charge in [0.15, 0.2) is 18.0 Å². The number of fused-ring (bicyclic) bond motifs is 1. The Morgan fingerprint density at radius 3 is 2.52 bits per heavy atom. The van der Waals surface area contributed by atoms with E-state index in [0.29, 0.717) is 25.5 Å². The molecule has 166 valence electrons. The van der Waals surface area contributed by atoms with E-state index in [-0.39, 0.29) is 17.9 Å². The van der Waals surface area contributed by atoms with E-state index in [1.807, 2.05) is 36.4 Å². The molecular weight excluding hydrogens is 394 g/mol. The summed E-state index contributed by atoms with van der Waals surface area (Å²) in [6.07, 6.45) is 0.